The molecule has 6 heteroatoms. The van der Waals surface area contributed by atoms with Crippen LogP contribution in [0, 0.1) is 0 Å². The van der Waals surface area contributed by atoms with Gasteiger partial charge in [-0.3, -0.25) is 4.79 Å². The monoisotopic (exact) mass is 505 g/mol. The van der Waals surface area contributed by atoms with E-state index in [0.29, 0.717) is 19.8 Å². The van der Waals surface area contributed by atoms with Crippen molar-refractivity contribution in [2.75, 3.05) is 19.8 Å². The maximum Gasteiger partial charge on any atom is 0.697 e. The molecular weight excluding hydrogens is 447 g/mol. The average molecular weight is 506 g/mol. The molecular formula is C28H58O5P+. The van der Waals surface area contributed by atoms with Crippen molar-refractivity contribution in [3.05, 3.63) is 0 Å². The van der Waals surface area contributed by atoms with Crippen molar-refractivity contribution < 1.29 is 23.1 Å². The van der Waals surface area contributed by atoms with Crippen LogP contribution in [0.25, 0.3) is 0 Å². The number of ether oxygens (including phenoxy) is 1. The summed E-state index contributed by atoms with van der Waals surface area (Å²) in [5.74, 6) is -0.211. The highest BCUT2D eigenvalue weighted by Gasteiger charge is 2.18. The maximum absolute atomic E-state index is 11.7. The first kappa shape index (κ1) is 35.7. The third-order valence-electron chi connectivity index (χ3n) is 5.74. The molecule has 0 aromatic carbocycles. The molecule has 0 aromatic heterocycles. The summed E-state index contributed by atoms with van der Waals surface area (Å²) < 4.78 is 26.7. The Balaban J connectivity index is 0. The number of hydrogen-bond donors (Lipinski definition) is 0. The van der Waals surface area contributed by atoms with Gasteiger partial charge in [-0.2, -0.15) is 0 Å². The maximum atomic E-state index is 11.7. The fourth-order valence-electron chi connectivity index (χ4n) is 3.70. The van der Waals surface area contributed by atoms with Gasteiger partial charge in [0.15, 0.2) is 0 Å². The molecule has 0 fully saturated rings. The van der Waals surface area contributed by atoms with E-state index in [4.69, 9.17) is 9.05 Å². The third kappa shape index (κ3) is 36.1. The summed E-state index contributed by atoms with van der Waals surface area (Å²) in [6.07, 6.45) is 26.1. The fourth-order valence-corrected chi connectivity index (χ4v) is 4.33. The molecule has 5 nitrogen and oxygen atoms in total. The minimum absolute atomic E-state index is 0.211. The molecule has 0 rings (SSSR count). The van der Waals surface area contributed by atoms with E-state index in [9.17, 15) is 9.36 Å². The molecule has 0 heterocycles. The van der Waals surface area contributed by atoms with Crippen LogP contribution >= 0.6 is 8.25 Å². The molecule has 0 bridgehead atoms. The van der Waals surface area contributed by atoms with Crippen LogP contribution in [0.2, 0.25) is 0 Å². The molecule has 204 valence electrons. The SMILES string of the molecule is CCCCCCCCCCCCO[P+](=O)OCCCCCCCCCCCC.CCOC(C)=O. The minimum Gasteiger partial charge on any atom is -0.466 e. The Labute approximate surface area is 213 Å². The van der Waals surface area contributed by atoms with Gasteiger partial charge in [-0.15, -0.1) is 9.05 Å². The largest absolute Gasteiger partial charge is 0.697 e. The molecule has 0 radical (unpaired) electrons. The van der Waals surface area contributed by atoms with Crippen LogP contribution < -0.4 is 0 Å². The van der Waals surface area contributed by atoms with Gasteiger partial charge in [-0.25, -0.2) is 0 Å². The van der Waals surface area contributed by atoms with Crippen LogP contribution in [0.15, 0.2) is 0 Å². The first-order chi connectivity index (χ1) is 16.6. The highest BCUT2D eigenvalue weighted by atomic mass is 31.1. The second-order valence-corrected chi connectivity index (χ2v) is 10.1. The van der Waals surface area contributed by atoms with Crippen molar-refractivity contribution in [2.45, 2.75) is 156 Å². The van der Waals surface area contributed by atoms with Crippen molar-refractivity contribution in [1.29, 1.82) is 0 Å². The van der Waals surface area contributed by atoms with Gasteiger partial charge < -0.3 is 4.74 Å². The summed E-state index contributed by atoms with van der Waals surface area (Å²) in [6, 6.07) is 0. The molecule has 0 aliphatic rings. The van der Waals surface area contributed by atoms with Crippen LogP contribution in [-0.2, 0) is 23.1 Å². The van der Waals surface area contributed by atoms with Crippen molar-refractivity contribution in [2.24, 2.45) is 0 Å². The van der Waals surface area contributed by atoms with Gasteiger partial charge in [0.05, 0.1) is 6.61 Å². The molecule has 0 atom stereocenters. The predicted molar refractivity (Wildman–Crippen MR) is 146 cm³/mol. The standard InChI is InChI=1S/C24H50O3P.C4H8O2/c1-3-5-7-9-11-13-15-17-19-21-23-26-28(25)27-24-22-20-18-16-14-12-10-8-6-4-2;1-3-6-4(2)5/h3-24H2,1-2H3;3H2,1-2H3/q+1;. The van der Waals surface area contributed by atoms with E-state index in [1.807, 2.05) is 0 Å². The van der Waals surface area contributed by atoms with E-state index in [1.165, 1.54) is 122 Å². The smallest absolute Gasteiger partial charge is 0.466 e. The molecule has 0 amide bonds. The zero-order valence-corrected chi connectivity index (χ0v) is 24.1. The van der Waals surface area contributed by atoms with Crippen LogP contribution in [0.5, 0.6) is 0 Å². The number of carbonyl (C=O) groups is 1. The summed E-state index contributed by atoms with van der Waals surface area (Å²) in [5.41, 5.74) is 0. The number of rotatable bonds is 25. The third-order valence-corrected chi connectivity index (χ3v) is 6.52. The van der Waals surface area contributed by atoms with Crippen molar-refractivity contribution >= 4 is 14.2 Å². The molecule has 34 heavy (non-hydrogen) atoms. The summed E-state index contributed by atoms with van der Waals surface area (Å²) in [7, 11) is -1.90. The van der Waals surface area contributed by atoms with Crippen LogP contribution in [0.1, 0.15) is 156 Å². The van der Waals surface area contributed by atoms with Gasteiger partial charge in [0.25, 0.3) is 0 Å². The van der Waals surface area contributed by atoms with Crippen LogP contribution in [-0.4, -0.2) is 25.8 Å². The molecule has 0 N–H and O–H groups in total. The molecule has 0 saturated heterocycles. The lowest BCUT2D eigenvalue weighted by Gasteiger charge is -2.01. The zero-order chi connectivity index (χ0) is 25.5. The topological polar surface area (TPSA) is 61.8 Å². The fraction of sp³-hybridized carbons (Fsp3) is 0.964. The predicted octanol–water partition coefficient (Wildman–Crippen LogP) is 10.1. The number of hydrogen-bond acceptors (Lipinski definition) is 5. The van der Waals surface area contributed by atoms with Gasteiger partial charge >= 0.3 is 14.2 Å². The zero-order valence-electron chi connectivity index (χ0n) is 23.3. The molecule has 0 aromatic rings. The van der Waals surface area contributed by atoms with Crippen molar-refractivity contribution in [1.82, 2.24) is 0 Å². The van der Waals surface area contributed by atoms with Gasteiger partial charge in [0.2, 0.25) is 0 Å². The van der Waals surface area contributed by atoms with Gasteiger partial charge in [0.1, 0.15) is 13.2 Å². The number of esters is 1. The quantitative estimate of drug-likeness (QED) is 0.0701. The molecule has 0 saturated carbocycles. The Kier molecular flexibility index (Phi) is 34.1. The molecule has 0 aliphatic carbocycles. The van der Waals surface area contributed by atoms with E-state index >= 15 is 0 Å². The first-order valence-electron chi connectivity index (χ1n) is 14.4. The second-order valence-electron chi connectivity index (χ2n) is 9.18. The summed E-state index contributed by atoms with van der Waals surface area (Å²) in [5, 5.41) is 0. The van der Waals surface area contributed by atoms with E-state index < -0.39 is 8.25 Å². The van der Waals surface area contributed by atoms with Crippen molar-refractivity contribution in [3.63, 3.8) is 0 Å². The number of unbranched alkanes of at least 4 members (excludes halogenated alkanes) is 18. The van der Waals surface area contributed by atoms with Crippen molar-refractivity contribution in [3.8, 4) is 0 Å². The highest BCUT2D eigenvalue weighted by molar-refractivity contribution is 7.33. The van der Waals surface area contributed by atoms with E-state index in [-0.39, 0.29) is 5.97 Å². The van der Waals surface area contributed by atoms with Gasteiger partial charge in [-0.1, -0.05) is 129 Å². The highest BCUT2D eigenvalue weighted by Crippen LogP contribution is 2.25. The molecule has 0 unspecified atom stereocenters. The lowest BCUT2D eigenvalue weighted by Crippen LogP contribution is -1.95. The van der Waals surface area contributed by atoms with E-state index in [1.54, 1.807) is 6.92 Å². The Morgan fingerprint density at radius 2 is 0.824 bits per heavy atom. The Morgan fingerprint density at radius 3 is 1.06 bits per heavy atom. The average Bonchev–Trinajstić information content (AvgIpc) is 2.81. The second kappa shape index (κ2) is 32.5. The summed E-state index contributed by atoms with van der Waals surface area (Å²) >= 11 is 0. The summed E-state index contributed by atoms with van der Waals surface area (Å²) in [6.45, 7) is 9.32. The number of carbonyl (C=O) groups excluding carboxylic acids is 1. The van der Waals surface area contributed by atoms with E-state index in [0.717, 1.165) is 12.8 Å². The van der Waals surface area contributed by atoms with Crippen LogP contribution in [0.3, 0.4) is 0 Å². The summed E-state index contributed by atoms with van der Waals surface area (Å²) in [4.78, 5) is 9.82. The van der Waals surface area contributed by atoms with Crippen LogP contribution in [0.4, 0.5) is 0 Å². The van der Waals surface area contributed by atoms with Gasteiger partial charge in [-0.05, 0) is 19.8 Å². The van der Waals surface area contributed by atoms with Gasteiger partial charge in [0, 0.05) is 11.5 Å². The normalized spacial score (nSPS) is 10.6. The van der Waals surface area contributed by atoms with E-state index in [2.05, 4.69) is 18.6 Å². The Morgan fingerprint density at radius 1 is 0.529 bits per heavy atom. The Hall–Kier alpha value is -0.510. The molecule has 0 aliphatic heterocycles. The minimum atomic E-state index is -1.90. The lowest BCUT2D eigenvalue weighted by molar-refractivity contribution is -0.140. The Bertz CT molecular complexity index is 390. The first-order valence-corrected chi connectivity index (χ1v) is 15.5. The molecule has 0 spiro atoms. The lowest BCUT2D eigenvalue weighted by atomic mass is 10.1.